The standard InChI is InChI=1S/C11H9ClO4S/c1-2-3-6-17(15,16)8-4-5-9(11(13)14)10(12)7-8/h4-5,7H,6H2,1H3,(H,13,14). The fourth-order valence-electron chi connectivity index (χ4n) is 1.11. The molecule has 0 fully saturated rings. The molecule has 6 heteroatoms. The molecule has 1 aromatic carbocycles. The van der Waals surface area contributed by atoms with Gasteiger partial charge in [-0.3, -0.25) is 0 Å². The summed E-state index contributed by atoms with van der Waals surface area (Å²) in [6, 6.07) is 3.50. The van der Waals surface area contributed by atoms with Crippen LogP contribution in [0.1, 0.15) is 17.3 Å². The van der Waals surface area contributed by atoms with Crippen molar-refractivity contribution in [3.05, 3.63) is 28.8 Å². The number of carbonyl (C=O) groups is 1. The van der Waals surface area contributed by atoms with E-state index in [1.54, 1.807) is 0 Å². The molecule has 0 saturated carbocycles. The fourth-order valence-corrected chi connectivity index (χ4v) is 2.51. The van der Waals surface area contributed by atoms with Crippen LogP contribution in [0.15, 0.2) is 23.1 Å². The second kappa shape index (κ2) is 5.21. The highest BCUT2D eigenvalue weighted by Gasteiger charge is 2.16. The summed E-state index contributed by atoms with van der Waals surface area (Å²) < 4.78 is 23.4. The van der Waals surface area contributed by atoms with E-state index in [2.05, 4.69) is 11.8 Å². The Labute approximate surface area is 104 Å². The van der Waals surface area contributed by atoms with Gasteiger partial charge in [0.1, 0.15) is 5.75 Å². The van der Waals surface area contributed by atoms with E-state index in [4.69, 9.17) is 16.7 Å². The van der Waals surface area contributed by atoms with Gasteiger partial charge in [0.2, 0.25) is 0 Å². The Morgan fingerprint density at radius 1 is 1.47 bits per heavy atom. The van der Waals surface area contributed by atoms with Crippen LogP contribution in [-0.2, 0) is 9.84 Å². The third-order valence-electron chi connectivity index (χ3n) is 1.97. The maximum atomic E-state index is 11.7. The van der Waals surface area contributed by atoms with Crippen molar-refractivity contribution in [2.75, 3.05) is 5.75 Å². The molecule has 17 heavy (non-hydrogen) atoms. The van der Waals surface area contributed by atoms with Gasteiger partial charge in [-0.05, 0) is 25.1 Å². The zero-order valence-electron chi connectivity index (χ0n) is 8.90. The Balaban J connectivity index is 3.21. The third-order valence-corrected chi connectivity index (χ3v) is 3.78. The zero-order valence-corrected chi connectivity index (χ0v) is 10.5. The largest absolute Gasteiger partial charge is 0.478 e. The number of benzene rings is 1. The number of halogens is 1. The molecule has 0 aliphatic heterocycles. The molecular weight excluding hydrogens is 264 g/mol. The number of aromatic carboxylic acids is 1. The SMILES string of the molecule is CC#CCS(=O)(=O)c1ccc(C(=O)O)c(Cl)c1. The highest BCUT2D eigenvalue weighted by molar-refractivity contribution is 7.91. The lowest BCUT2D eigenvalue weighted by Gasteiger charge is -2.03. The molecule has 1 aromatic rings. The number of sulfone groups is 1. The fraction of sp³-hybridized carbons (Fsp3) is 0.182. The molecule has 0 aliphatic carbocycles. The minimum Gasteiger partial charge on any atom is -0.478 e. The molecule has 0 atom stereocenters. The third kappa shape index (κ3) is 3.22. The summed E-state index contributed by atoms with van der Waals surface area (Å²) in [6.07, 6.45) is 0. The van der Waals surface area contributed by atoms with Crippen LogP contribution < -0.4 is 0 Å². The van der Waals surface area contributed by atoms with Gasteiger partial charge in [0.15, 0.2) is 9.84 Å². The van der Waals surface area contributed by atoms with Crippen molar-refractivity contribution in [2.24, 2.45) is 0 Å². The Morgan fingerprint density at radius 3 is 2.59 bits per heavy atom. The molecule has 0 bridgehead atoms. The molecule has 0 aromatic heterocycles. The highest BCUT2D eigenvalue weighted by atomic mass is 35.5. The van der Waals surface area contributed by atoms with Crippen molar-refractivity contribution in [3.63, 3.8) is 0 Å². The summed E-state index contributed by atoms with van der Waals surface area (Å²) in [5, 5.41) is 8.64. The minimum atomic E-state index is -3.54. The lowest BCUT2D eigenvalue weighted by Crippen LogP contribution is -2.06. The van der Waals surface area contributed by atoms with Gasteiger partial charge in [0.25, 0.3) is 0 Å². The summed E-state index contributed by atoms with van der Waals surface area (Å²) in [5.74, 6) is 3.41. The molecule has 0 amide bonds. The first-order chi connectivity index (χ1) is 7.88. The van der Waals surface area contributed by atoms with E-state index in [1.165, 1.54) is 13.0 Å². The Kier molecular flexibility index (Phi) is 4.16. The number of carboxylic acid groups (broad SMARTS) is 1. The van der Waals surface area contributed by atoms with Crippen molar-refractivity contribution in [1.29, 1.82) is 0 Å². The molecule has 0 radical (unpaired) electrons. The van der Waals surface area contributed by atoms with E-state index < -0.39 is 15.8 Å². The second-order valence-corrected chi connectivity index (χ2v) is 5.53. The van der Waals surface area contributed by atoms with Crippen LogP contribution in [0.25, 0.3) is 0 Å². The van der Waals surface area contributed by atoms with Gasteiger partial charge in [-0.2, -0.15) is 0 Å². The molecule has 0 saturated heterocycles. The molecule has 0 aliphatic rings. The van der Waals surface area contributed by atoms with Gasteiger partial charge in [-0.1, -0.05) is 17.5 Å². The van der Waals surface area contributed by atoms with Crippen LogP contribution >= 0.6 is 11.6 Å². The van der Waals surface area contributed by atoms with E-state index in [1.807, 2.05) is 0 Å². The summed E-state index contributed by atoms with van der Waals surface area (Å²) in [5.41, 5.74) is -0.132. The number of hydrogen-bond donors (Lipinski definition) is 1. The van der Waals surface area contributed by atoms with Crippen molar-refractivity contribution in [3.8, 4) is 11.8 Å². The quantitative estimate of drug-likeness (QED) is 0.852. The Morgan fingerprint density at radius 2 is 2.12 bits per heavy atom. The topological polar surface area (TPSA) is 71.4 Å². The molecular formula is C11H9ClO4S. The lowest BCUT2D eigenvalue weighted by atomic mass is 10.2. The Hall–Kier alpha value is -1.51. The normalized spacial score (nSPS) is 10.5. The summed E-state index contributed by atoms with van der Waals surface area (Å²) in [6.45, 7) is 1.54. The minimum absolute atomic E-state index is 0.0322. The van der Waals surface area contributed by atoms with Crippen LogP contribution in [0.5, 0.6) is 0 Å². The van der Waals surface area contributed by atoms with Gasteiger partial charge >= 0.3 is 5.97 Å². The summed E-state index contributed by atoms with van der Waals surface area (Å²) in [7, 11) is -3.54. The van der Waals surface area contributed by atoms with Crippen LogP contribution in [0.2, 0.25) is 5.02 Å². The van der Waals surface area contributed by atoms with E-state index >= 15 is 0 Å². The molecule has 0 heterocycles. The average molecular weight is 273 g/mol. The average Bonchev–Trinajstić information content (AvgIpc) is 2.25. The van der Waals surface area contributed by atoms with Crippen molar-refractivity contribution >= 4 is 27.4 Å². The first-order valence-electron chi connectivity index (χ1n) is 4.53. The number of hydrogen-bond acceptors (Lipinski definition) is 3. The summed E-state index contributed by atoms with van der Waals surface area (Å²) in [4.78, 5) is 10.7. The highest BCUT2D eigenvalue weighted by Crippen LogP contribution is 2.21. The van der Waals surface area contributed by atoms with Crippen molar-refractivity contribution in [2.45, 2.75) is 11.8 Å². The molecule has 0 unspecified atom stereocenters. The first-order valence-corrected chi connectivity index (χ1v) is 6.56. The van der Waals surface area contributed by atoms with Crippen LogP contribution in [0.3, 0.4) is 0 Å². The maximum absolute atomic E-state index is 11.7. The maximum Gasteiger partial charge on any atom is 0.337 e. The van der Waals surface area contributed by atoms with E-state index in [-0.39, 0.29) is 21.2 Å². The van der Waals surface area contributed by atoms with Gasteiger partial charge in [0, 0.05) is 0 Å². The summed E-state index contributed by atoms with van der Waals surface area (Å²) >= 11 is 5.68. The van der Waals surface area contributed by atoms with Gasteiger partial charge in [-0.25, -0.2) is 13.2 Å². The van der Waals surface area contributed by atoms with Crippen molar-refractivity contribution < 1.29 is 18.3 Å². The Bertz CT molecular complexity index is 608. The van der Waals surface area contributed by atoms with E-state index in [0.717, 1.165) is 12.1 Å². The first kappa shape index (κ1) is 13.6. The van der Waals surface area contributed by atoms with Crippen LogP contribution in [0.4, 0.5) is 0 Å². The number of rotatable bonds is 3. The second-order valence-electron chi connectivity index (χ2n) is 3.13. The predicted octanol–water partition coefficient (Wildman–Crippen LogP) is 1.84. The monoisotopic (exact) mass is 272 g/mol. The molecule has 4 nitrogen and oxygen atoms in total. The van der Waals surface area contributed by atoms with Gasteiger partial charge < -0.3 is 5.11 Å². The van der Waals surface area contributed by atoms with Crippen LogP contribution in [-0.4, -0.2) is 25.2 Å². The van der Waals surface area contributed by atoms with Gasteiger partial charge in [0.05, 0.1) is 15.5 Å². The van der Waals surface area contributed by atoms with Crippen LogP contribution in [0, 0.1) is 11.8 Å². The van der Waals surface area contributed by atoms with E-state index in [0.29, 0.717) is 0 Å². The molecule has 0 spiro atoms. The molecule has 1 N–H and O–H groups in total. The van der Waals surface area contributed by atoms with Crippen molar-refractivity contribution in [1.82, 2.24) is 0 Å². The lowest BCUT2D eigenvalue weighted by molar-refractivity contribution is 0.0697. The molecule has 90 valence electrons. The molecule has 1 rings (SSSR count). The number of carboxylic acids is 1. The van der Waals surface area contributed by atoms with E-state index in [9.17, 15) is 13.2 Å². The smallest absolute Gasteiger partial charge is 0.337 e. The van der Waals surface area contributed by atoms with Gasteiger partial charge in [-0.15, -0.1) is 5.92 Å². The zero-order chi connectivity index (χ0) is 13.1. The predicted molar refractivity (Wildman–Crippen MR) is 63.9 cm³/mol.